The zero-order valence-electron chi connectivity index (χ0n) is 15.7. The lowest BCUT2D eigenvalue weighted by Gasteiger charge is -2.06. The van der Waals surface area contributed by atoms with Gasteiger partial charge in [0.1, 0.15) is 5.82 Å². The minimum atomic E-state index is -0.142. The van der Waals surface area contributed by atoms with Gasteiger partial charge >= 0.3 is 0 Å². The quantitative estimate of drug-likeness (QED) is 0.450. The predicted molar refractivity (Wildman–Crippen MR) is 108 cm³/mol. The van der Waals surface area contributed by atoms with Crippen molar-refractivity contribution in [2.75, 3.05) is 6.54 Å². The molecule has 138 valence electrons. The number of hydrogen-bond acceptors (Lipinski definition) is 1. The highest BCUT2D eigenvalue weighted by Crippen LogP contribution is 2.23. The van der Waals surface area contributed by atoms with Crippen LogP contribution in [-0.4, -0.2) is 11.1 Å². The molecule has 0 bridgehead atoms. The van der Waals surface area contributed by atoms with E-state index in [0.29, 0.717) is 6.54 Å². The molecule has 2 nitrogen and oxygen atoms in total. The third kappa shape index (κ3) is 4.73. The molecule has 1 heterocycles. The van der Waals surface area contributed by atoms with Gasteiger partial charge in [0, 0.05) is 29.2 Å². The Kier molecular flexibility index (Phi) is 6.84. The Bertz CT molecular complexity index is 822. The van der Waals surface area contributed by atoms with E-state index in [0.717, 1.165) is 24.2 Å². The summed E-state index contributed by atoms with van der Waals surface area (Å²) in [5.41, 5.74) is 3.17. The fourth-order valence-corrected chi connectivity index (χ4v) is 3.48. The zero-order chi connectivity index (χ0) is 18.2. The van der Waals surface area contributed by atoms with Crippen molar-refractivity contribution >= 4 is 10.9 Å². The topological polar surface area (TPSA) is 17.0 Å². The summed E-state index contributed by atoms with van der Waals surface area (Å²) in [5.74, 6) is -0.142. The average molecular weight is 352 g/mol. The van der Waals surface area contributed by atoms with Crippen LogP contribution in [-0.2, 0) is 13.1 Å². The molecule has 1 N–H and O–H groups in total. The molecule has 3 aromatic rings. The number of unbranched alkanes of at least 4 members (excludes halogenated alkanes) is 4. The summed E-state index contributed by atoms with van der Waals surface area (Å²) < 4.78 is 16.2. The van der Waals surface area contributed by atoms with E-state index < -0.39 is 0 Å². The van der Waals surface area contributed by atoms with Crippen LogP contribution < -0.4 is 5.32 Å². The van der Waals surface area contributed by atoms with Crippen LogP contribution in [0.3, 0.4) is 0 Å². The van der Waals surface area contributed by atoms with Gasteiger partial charge in [-0.25, -0.2) is 4.39 Å². The maximum Gasteiger partial charge on any atom is 0.128 e. The van der Waals surface area contributed by atoms with Crippen LogP contribution in [0.15, 0.2) is 54.7 Å². The molecule has 0 amide bonds. The Hall–Kier alpha value is -2.13. The molecule has 0 atom stereocenters. The minimum Gasteiger partial charge on any atom is -0.343 e. The van der Waals surface area contributed by atoms with Crippen molar-refractivity contribution in [1.29, 1.82) is 0 Å². The number of halogens is 1. The fraction of sp³-hybridized carbons (Fsp3) is 0.391. The van der Waals surface area contributed by atoms with Crippen molar-refractivity contribution in [3.63, 3.8) is 0 Å². The second-order valence-corrected chi connectivity index (χ2v) is 6.98. The molecule has 0 aliphatic carbocycles. The van der Waals surface area contributed by atoms with Crippen molar-refractivity contribution in [2.24, 2.45) is 0 Å². The van der Waals surface area contributed by atoms with E-state index >= 15 is 0 Å². The highest BCUT2D eigenvalue weighted by molar-refractivity contribution is 5.84. The van der Waals surface area contributed by atoms with Gasteiger partial charge in [-0.15, -0.1) is 0 Å². The van der Waals surface area contributed by atoms with E-state index in [1.165, 1.54) is 49.1 Å². The molecule has 3 heteroatoms. The molecule has 0 aliphatic heterocycles. The van der Waals surface area contributed by atoms with Gasteiger partial charge in [-0.1, -0.05) is 69.0 Å². The van der Waals surface area contributed by atoms with Crippen molar-refractivity contribution in [1.82, 2.24) is 9.88 Å². The minimum absolute atomic E-state index is 0.142. The Morgan fingerprint density at radius 3 is 2.50 bits per heavy atom. The molecule has 0 aliphatic rings. The summed E-state index contributed by atoms with van der Waals surface area (Å²) in [7, 11) is 0. The van der Waals surface area contributed by atoms with Crippen molar-refractivity contribution in [3.05, 3.63) is 71.7 Å². The van der Waals surface area contributed by atoms with Crippen molar-refractivity contribution in [3.8, 4) is 0 Å². The molecule has 26 heavy (non-hydrogen) atoms. The van der Waals surface area contributed by atoms with E-state index in [2.05, 4.69) is 41.2 Å². The third-order valence-corrected chi connectivity index (χ3v) is 4.94. The summed E-state index contributed by atoms with van der Waals surface area (Å²) in [4.78, 5) is 0. The molecule has 0 radical (unpaired) electrons. The molecule has 1 aromatic heterocycles. The first-order valence-corrected chi connectivity index (χ1v) is 9.80. The third-order valence-electron chi connectivity index (χ3n) is 4.94. The molecule has 0 fully saturated rings. The Morgan fingerprint density at radius 1 is 0.885 bits per heavy atom. The maximum atomic E-state index is 14.0. The van der Waals surface area contributed by atoms with Gasteiger partial charge in [-0.05, 0) is 30.7 Å². The Balaban J connectivity index is 1.66. The molecule has 0 unspecified atom stereocenters. The number of nitrogens with one attached hydrogen (secondary N) is 1. The van der Waals surface area contributed by atoms with E-state index in [1.807, 2.05) is 18.2 Å². The zero-order valence-corrected chi connectivity index (χ0v) is 15.7. The van der Waals surface area contributed by atoms with Gasteiger partial charge in [-0.2, -0.15) is 0 Å². The number of aromatic nitrogens is 1. The highest BCUT2D eigenvalue weighted by atomic mass is 19.1. The lowest BCUT2D eigenvalue weighted by atomic mass is 10.1. The van der Waals surface area contributed by atoms with Gasteiger partial charge in [0.05, 0.1) is 6.54 Å². The first kappa shape index (κ1) is 18.7. The summed E-state index contributed by atoms with van der Waals surface area (Å²) in [6.45, 7) is 4.72. The molecular weight excluding hydrogens is 323 g/mol. The Labute approximate surface area is 156 Å². The first-order chi connectivity index (χ1) is 12.8. The number of hydrogen-bond donors (Lipinski definition) is 1. The second kappa shape index (κ2) is 9.54. The van der Waals surface area contributed by atoms with Crippen molar-refractivity contribution < 1.29 is 4.39 Å². The second-order valence-electron chi connectivity index (χ2n) is 6.98. The lowest BCUT2D eigenvalue weighted by Crippen LogP contribution is -2.14. The van der Waals surface area contributed by atoms with E-state index in [1.54, 1.807) is 6.07 Å². The Morgan fingerprint density at radius 2 is 1.65 bits per heavy atom. The normalized spacial score (nSPS) is 11.3. The monoisotopic (exact) mass is 352 g/mol. The van der Waals surface area contributed by atoms with Crippen LogP contribution in [0, 0.1) is 5.82 Å². The molecule has 0 spiro atoms. The highest BCUT2D eigenvalue weighted by Gasteiger charge is 2.09. The number of nitrogens with zero attached hydrogens (tertiary/aromatic N) is 1. The average Bonchev–Trinajstić information content (AvgIpc) is 3.01. The fourth-order valence-electron chi connectivity index (χ4n) is 3.48. The summed E-state index contributed by atoms with van der Waals surface area (Å²) >= 11 is 0. The lowest BCUT2D eigenvalue weighted by molar-refractivity contribution is 0.583. The van der Waals surface area contributed by atoms with Gasteiger partial charge in [0.25, 0.3) is 0 Å². The standard InChI is InChI=1S/C23H29FN2/c1-2-3-4-5-10-15-25-16-20-18-26(23-14-9-7-12-21(20)23)17-19-11-6-8-13-22(19)24/h6-9,11-14,18,25H,2-5,10,15-17H2,1H3. The van der Waals surface area contributed by atoms with Crippen LogP contribution >= 0.6 is 0 Å². The van der Waals surface area contributed by atoms with Crippen molar-refractivity contribution in [2.45, 2.75) is 52.1 Å². The van der Waals surface area contributed by atoms with Gasteiger partial charge in [0.2, 0.25) is 0 Å². The van der Waals surface area contributed by atoms with E-state index in [-0.39, 0.29) is 5.82 Å². The summed E-state index contributed by atoms with van der Waals surface area (Å²) in [6.07, 6.45) is 8.66. The predicted octanol–water partition coefficient (Wildman–Crippen LogP) is 5.89. The maximum absolute atomic E-state index is 14.0. The van der Waals surface area contributed by atoms with E-state index in [4.69, 9.17) is 0 Å². The van der Waals surface area contributed by atoms with Gasteiger partial charge in [-0.3, -0.25) is 0 Å². The van der Waals surface area contributed by atoms with E-state index in [9.17, 15) is 4.39 Å². The molecular formula is C23H29FN2. The van der Waals surface area contributed by atoms with Gasteiger partial charge < -0.3 is 9.88 Å². The smallest absolute Gasteiger partial charge is 0.128 e. The number of rotatable bonds is 10. The van der Waals surface area contributed by atoms with Gasteiger partial charge in [0.15, 0.2) is 0 Å². The number of fused-ring (bicyclic) bond motifs is 1. The van der Waals surface area contributed by atoms with Crippen LogP contribution in [0.25, 0.3) is 10.9 Å². The molecule has 0 saturated carbocycles. The largest absolute Gasteiger partial charge is 0.343 e. The summed E-state index contributed by atoms with van der Waals surface area (Å²) in [5, 5.41) is 4.82. The van der Waals surface area contributed by atoms with Crippen LogP contribution in [0.1, 0.15) is 50.2 Å². The van der Waals surface area contributed by atoms with Crippen LogP contribution in [0.2, 0.25) is 0 Å². The molecule has 3 rings (SSSR count). The number of para-hydroxylation sites is 1. The first-order valence-electron chi connectivity index (χ1n) is 9.80. The summed E-state index contributed by atoms with van der Waals surface area (Å²) in [6, 6.07) is 15.4. The van der Waals surface area contributed by atoms with Crippen LogP contribution in [0.4, 0.5) is 4.39 Å². The molecule has 2 aromatic carbocycles. The SMILES string of the molecule is CCCCCCCNCc1cn(Cc2ccccc2F)c2ccccc12. The number of benzene rings is 2. The molecule has 0 saturated heterocycles. The van der Waals surface area contributed by atoms with Crippen LogP contribution in [0.5, 0.6) is 0 Å².